The second-order valence-electron chi connectivity index (χ2n) is 3.42. The summed E-state index contributed by atoms with van der Waals surface area (Å²) in [4.78, 5) is 4.35. The van der Waals surface area contributed by atoms with Gasteiger partial charge in [-0.2, -0.15) is 5.10 Å². The standard InChI is InChI=1S/C11H14N4O/c1-3-10-13-11(15-14-10)8-6-7(12)4-5-9(8)16-2/h4-6H,3,12H2,1-2H3,(H,13,14,15). The zero-order valence-electron chi connectivity index (χ0n) is 9.32. The second kappa shape index (κ2) is 4.22. The van der Waals surface area contributed by atoms with Gasteiger partial charge in [0.05, 0.1) is 12.7 Å². The quantitative estimate of drug-likeness (QED) is 0.767. The Kier molecular flexibility index (Phi) is 2.76. The highest BCUT2D eigenvalue weighted by Gasteiger charge is 2.11. The third-order valence-electron chi connectivity index (χ3n) is 2.33. The van der Waals surface area contributed by atoms with Crippen molar-refractivity contribution in [2.75, 3.05) is 12.8 Å². The molecule has 2 rings (SSSR count). The van der Waals surface area contributed by atoms with E-state index in [9.17, 15) is 0 Å². The van der Waals surface area contributed by atoms with Crippen LogP contribution in [0.5, 0.6) is 5.75 Å². The van der Waals surface area contributed by atoms with Crippen molar-refractivity contribution in [2.24, 2.45) is 0 Å². The topological polar surface area (TPSA) is 76.8 Å². The summed E-state index contributed by atoms with van der Waals surface area (Å²) in [6.45, 7) is 2.01. The van der Waals surface area contributed by atoms with E-state index in [4.69, 9.17) is 10.5 Å². The van der Waals surface area contributed by atoms with Crippen LogP contribution in [0.1, 0.15) is 12.7 Å². The molecule has 0 aliphatic carbocycles. The Morgan fingerprint density at radius 2 is 2.25 bits per heavy atom. The monoisotopic (exact) mass is 218 g/mol. The SMILES string of the molecule is CCc1nc(-c2cc(N)ccc2OC)n[nH]1. The van der Waals surface area contributed by atoms with Gasteiger partial charge in [0.2, 0.25) is 0 Å². The van der Waals surface area contributed by atoms with Crippen LogP contribution in [0.3, 0.4) is 0 Å². The van der Waals surface area contributed by atoms with Gasteiger partial charge < -0.3 is 10.5 Å². The molecular formula is C11H14N4O. The van der Waals surface area contributed by atoms with Gasteiger partial charge in [-0.05, 0) is 18.2 Å². The molecule has 0 bridgehead atoms. The summed E-state index contributed by atoms with van der Waals surface area (Å²) in [5.41, 5.74) is 7.21. The summed E-state index contributed by atoms with van der Waals surface area (Å²) in [6.07, 6.45) is 0.817. The normalized spacial score (nSPS) is 10.4. The van der Waals surface area contributed by atoms with Crippen molar-refractivity contribution < 1.29 is 4.74 Å². The van der Waals surface area contributed by atoms with E-state index in [2.05, 4.69) is 15.2 Å². The molecule has 2 aromatic rings. The minimum absolute atomic E-state index is 0.612. The fourth-order valence-electron chi connectivity index (χ4n) is 1.47. The van der Waals surface area contributed by atoms with Crippen LogP contribution in [0.25, 0.3) is 11.4 Å². The highest BCUT2D eigenvalue weighted by molar-refractivity contribution is 5.68. The number of benzene rings is 1. The van der Waals surface area contributed by atoms with Gasteiger partial charge in [-0.15, -0.1) is 0 Å². The third kappa shape index (κ3) is 1.84. The summed E-state index contributed by atoms with van der Waals surface area (Å²) in [5.74, 6) is 2.18. The highest BCUT2D eigenvalue weighted by atomic mass is 16.5. The second-order valence-corrected chi connectivity index (χ2v) is 3.42. The van der Waals surface area contributed by atoms with E-state index in [1.54, 1.807) is 19.2 Å². The molecule has 0 fully saturated rings. The highest BCUT2D eigenvalue weighted by Crippen LogP contribution is 2.29. The van der Waals surface area contributed by atoms with Crippen molar-refractivity contribution in [1.82, 2.24) is 15.2 Å². The average molecular weight is 218 g/mol. The van der Waals surface area contributed by atoms with Crippen molar-refractivity contribution in [2.45, 2.75) is 13.3 Å². The van der Waals surface area contributed by atoms with Crippen molar-refractivity contribution in [1.29, 1.82) is 0 Å². The summed E-state index contributed by atoms with van der Waals surface area (Å²) in [7, 11) is 1.61. The van der Waals surface area contributed by atoms with Crippen LogP contribution in [0.2, 0.25) is 0 Å². The van der Waals surface area contributed by atoms with E-state index in [0.29, 0.717) is 11.5 Å². The van der Waals surface area contributed by atoms with E-state index in [1.807, 2.05) is 13.0 Å². The molecule has 0 aliphatic rings. The number of rotatable bonds is 3. The fourth-order valence-corrected chi connectivity index (χ4v) is 1.47. The van der Waals surface area contributed by atoms with Crippen molar-refractivity contribution in [3.8, 4) is 17.1 Å². The van der Waals surface area contributed by atoms with E-state index < -0.39 is 0 Å². The third-order valence-corrected chi connectivity index (χ3v) is 2.33. The van der Waals surface area contributed by atoms with Crippen LogP contribution in [0, 0.1) is 0 Å². The Labute approximate surface area is 93.7 Å². The van der Waals surface area contributed by atoms with E-state index in [1.165, 1.54) is 0 Å². The maximum atomic E-state index is 5.74. The van der Waals surface area contributed by atoms with Crippen LogP contribution in [-0.2, 0) is 6.42 Å². The van der Waals surface area contributed by atoms with E-state index in [0.717, 1.165) is 23.6 Å². The number of aryl methyl sites for hydroxylation is 1. The molecular weight excluding hydrogens is 204 g/mol. The molecule has 5 heteroatoms. The lowest BCUT2D eigenvalue weighted by atomic mass is 10.1. The summed E-state index contributed by atoms with van der Waals surface area (Å²) in [6, 6.07) is 5.41. The number of aromatic amines is 1. The molecule has 1 heterocycles. The summed E-state index contributed by atoms with van der Waals surface area (Å²) < 4.78 is 5.25. The molecule has 0 saturated heterocycles. The number of H-pyrrole nitrogens is 1. The predicted molar refractivity (Wildman–Crippen MR) is 62.2 cm³/mol. The Morgan fingerprint density at radius 1 is 1.44 bits per heavy atom. The molecule has 0 spiro atoms. The number of anilines is 1. The number of methoxy groups -OCH3 is 1. The smallest absolute Gasteiger partial charge is 0.184 e. The van der Waals surface area contributed by atoms with Gasteiger partial charge in [0, 0.05) is 12.1 Å². The molecule has 0 radical (unpaired) electrons. The molecule has 0 saturated carbocycles. The first-order valence-electron chi connectivity index (χ1n) is 5.09. The van der Waals surface area contributed by atoms with Gasteiger partial charge in [0.25, 0.3) is 0 Å². The molecule has 3 N–H and O–H groups in total. The molecule has 5 nitrogen and oxygen atoms in total. The number of nitrogens with zero attached hydrogens (tertiary/aromatic N) is 2. The lowest BCUT2D eigenvalue weighted by molar-refractivity contribution is 0.416. The number of nitrogens with one attached hydrogen (secondary N) is 1. The summed E-state index contributed by atoms with van der Waals surface area (Å²) >= 11 is 0. The van der Waals surface area contributed by atoms with Gasteiger partial charge in [-0.3, -0.25) is 5.10 Å². The van der Waals surface area contributed by atoms with Crippen molar-refractivity contribution in [3.05, 3.63) is 24.0 Å². The molecule has 0 amide bonds. The minimum Gasteiger partial charge on any atom is -0.496 e. The number of ether oxygens (including phenoxy) is 1. The molecule has 84 valence electrons. The number of aromatic nitrogens is 3. The summed E-state index contributed by atoms with van der Waals surface area (Å²) in [5, 5.41) is 7.00. The number of nitrogens with two attached hydrogens (primary N) is 1. The maximum absolute atomic E-state index is 5.74. The Hall–Kier alpha value is -2.04. The predicted octanol–water partition coefficient (Wildman–Crippen LogP) is 1.62. The largest absolute Gasteiger partial charge is 0.496 e. The molecule has 0 atom stereocenters. The number of nitrogen functional groups attached to an aromatic ring is 1. The van der Waals surface area contributed by atoms with Crippen molar-refractivity contribution >= 4 is 5.69 Å². The molecule has 0 aliphatic heterocycles. The van der Waals surface area contributed by atoms with Gasteiger partial charge in [-0.25, -0.2) is 4.98 Å². The maximum Gasteiger partial charge on any atom is 0.184 e. The fraction of sp³-hybridized carbons (Fsp3) is 0.273. The Morgan fingerprint density at radius 3 is 2.88 bits per heavy atom. The number of hydrogen-bond acceptors (Lipinski definition) is 4. The van der Waals surface area contributed by atoms with Crippen molar-refractivity contribution in [3.63, 3.8) is 0 Å². The molecule has 16 heavy (non-hydrogen) atoms. The molecule has 1 aromatic heterocycles. The first-order chi connectivity index (χ1) is 7.74. The van der Waals surface area contributed by atoms with E-state index in [-0.39, 0.29) is 0 Å². The molecule has 1 aromatic carbocycles. The number of hydrogen-bond donors (Lipinski definition) is 2. The zero-order chi connectivity index (χ0) is 11.5. The van der Waals surface area contributed by atoms with Crippen LogP contribution in [0.4, 0.5) is 5.69 Å². The van der Waals surface area contributed by atoms with Gasteiger partial charge in [-0.1, -0.05) is 6.92 Å². The minimum atomic E-state index is 0.612. The van der Waals surface area contributed by atoms with Crippen LogP contribution in [-0.4, -0.2) is 22.3 Å². The average Bonchev–Trinajstić information content (AvgIpc) is 2.77. The van der Waals surface area contributed by atoms with Gasteiger partial charge in [0.1, 0.15) is 11.6 Å². The van der Waals surface area contributed by atoms with Gasteiger partial charge >= 0.3 is 0 Å². The Balaban J connectivity index is 2.49. The first-order valence-corrected chi connectivity index (χ1v) is 5.09. The van der Waals surface area contributed by atoms with Crippen LogP contribution in [0.15, 0.2) is 18.2 Å². The van der Waals surface area contributed by atoms with Crippen LogP contribution >= 0.6 is 0 Å². The Bertz CT molecular complexity index is 492. The van der Waals surface area contributed by atoms with Gasteiger partial charge in [0.15, 0.2) is 5.82 Å². The lowest BCUT2D eigenvalue weighted by Crippen LogP contribution is -1.92. The zero-order valence-corrected chi connectivity index (χ0v) is 9.32. The lowest BCUT2D eigenvalue weighted by Gasteiger charge is -2.05. The first kappa shape index (κ1) is 10.5. The molecule has 0 unspecified atom stereocenters. The van der Waals surface area contributed by atoms with E-state index >= 15 is 0 Å². The van der Waals surface area contributed by atoms with Crippen LogP contribution < -0.4 is 10.5 Å².